The van der Waals surface area contributed by atoms with E-state index in [-0.39, 0.29) is 46.9 Å². The van der Waals surface area contributed by atoms with Crippen molar-refractivity contribution in [2.45, 2.75) is 486 Å². The molecule has 0 aliphatic carbocycles. The first kappa shape index (κ1) is 117. The predicted molar refractivity (Wildman–Crippen MR) is 547 cm³/mol. The van der Waals surface area contributed by atoms with E-state index >= 15 is 0 Å². The summed E-state index contributed by atoms with van der Waals surface area (Å²) in [4.78, 5) is 0.0644. The smallest absolute Gasteiger partial charge is 0.125 e. The van der Waals surface area contributed by atoms with Gasteiger partial charge in [-0.25, -0.2) is 33.7 Å². The van der Waals surface area contributed by atoms with Crippen LogP contribution in [0.25, 0.3) is 43.1 Å². The molecule has 8 aromatic rings. The Morgan fingerprint density at radius 1 is 0.171 bits per heavy atom. The van der Waals surface area contributed by atoms with Gasteiger partial charge in [-0.05, 0) is 215 Å². The van der Waals surface area contributed by atoms with E-state index in [1.807, 2.05) is 97.1 Å². The molecule has 0 spiro atoms. The zero-order valence-corrected chi connectivity index (χ0v) is 89.0. The normalized spacial score (nSPS) is 11.9. The first-order chi connectivity index (χ1) is 61.9. The molecule has 0 fully saturated rings. The van der Waals surface area contributed by atoms with Gasteiger partial charge in [0.05, 0.1) is 19.6 Å². The van der Waals surface area contributed by atoms with Crippen molar-refractivity contribution < 1.29 is 51.9 Å². The second-order valence-corrected chi connectivity index (χ2v) is 42.5. The van der Waals surface area contributed by atoms with Crippen LogP contribution in [0.5, 0.6) is 0 Å². The van der Waals surface area contributed by atoms with E-state index in [9.17, 15) is 51.9 Å². The molecule has 0 N–H and O–H groups in total. The monoisotopic (exact) mass is 2050 g/mol. The second kappa shape index (κ2) is 69.2. The van der Waals surface area contributed by atoms with Crippen LogP contribution in [0.2, 0.25) is 0 Å². The second-order valence-electron chi connectivity index (χ2n) is 37.2. The number of hydrogen-bond donors (Lipinski definition) is 0. The summed E-state index contributed by atoms with van der Waals surface area (Å²) >= 11 is 0. The van der Waals surface area contributed by atoms with Crippen LogP contribution in [0.1, 0.15) is 459 Å². The molecular weight excluding hydrogens is 1870 g/mol. The molecule has 8 rings (SSSR count). The number of fused-ring (bicyclic) bond motifs is 4. The van der Waals surface area contributed by atoms with Crippen LogP contribution in [0.15, 0.2) is 141 Å². The topological polar surface area (TPSA) is 229 Å². The minimum Gasteiger partial charge on any atom is -0.744 e. The largest absolute Gasteiger partial charge is 0.744 e. The molecule has 0 unspecified atom stereocenters. The Balaban J connectivity index is 0.000000359. The molecule has 0 aliphatic heterocycles. The minimum absolute atomic E-state index is 0. The molecule has 0 saturated carbocycles. The fourth-order valence-electron chi connectivity index (χ4n) is 18.4. The maximum Gasteiger partial charge on any atom is 0.125 e. The van der Waals surface area contributed by atoms with Crippen molar-refractivity contribution in [3.05, 3.63) is 166 Å². The Morgan fingerprint density at radius 3 is 0.434 bits per heavy atom. The van der Waals surface area contributed by atoms with E-state index in [2.05, 4.69) is 79.7 Å². The van der Waals surface area contributed by atoms with Crippen molar-refractivity contribution in [3.63, 3.8) is 0 Å². The fourth-order valence-corrected chi connectivity index (χ4v) is 22.1. The molecule has 0 aliphatic rings. The first-order valence-corrected chi connectivity index (χ1v) is 57.5. The number of unbranched alkanes of at least 4 members (excludes halogenated alkanes) is 48. The molecule has 0 atom stereocenters. The Kier molecular flexibility index (Phi) is 62.6. The third-order valence-corrected chi connectivity index (χ3v) is 29.9. The molecule has 12 nitrogen and oxygen atoms in total. The van der Waals surface area contributed by atoms with Gasteiger partial charge in [0.1, 0.15) is 40.5 Å². The Hall–Kier alpha value is -4.64. The molecule has 8 aromatic carbocycles. The van der Waals surface area contributed by atoms with E-state index in [0.717, 1.165) is 147 Å². The van der Waals surface area contributed by atoms with Crippen molar-refractivity contribution >= 4 is 111 Å². The summed E-state index contributed by atoms with van der Waals surface area (Å²) in [7, 11) is -18.1. The number of hydrogen-bond acceptors (Lipinski definition) is 12. The zero-order valence-electron chi connectivity index (χ0n) is 81.8. The number of benzene rings is 8. The van der Waals surface area contributed by atoms with Crippen LogP contribution in [0.4, 0.5) is 0 Å². The van der Waals surface area contributed by atoms with Gasteiger partial charge < -0.3 is 18.2 Å². The van der Waals surface area contributed by atoms with Crippen LogP contribution < -0.4 is 0 Å². The number of aryl methyl sites for hydroxylation is 8. The van der Waals surface area contributed by atoms with Crippen molar-refractivity contribution in [1.82, 2.24) is 0 Å². The van der Waals surface area contributed by atoms with E-state index < -0.39 is 40.5 Å². The Bertz CT molecular complexity index is 4200. The van der Waals surface area contributed by atoms with Gasteiger partial charge in [0.15, 0.2) is 0 Å². The van der Waals surface area contributed by atoms with Crippen LogP contribution in [-0.4, -0.2) is 79.2 Å². The number of rotatable bonds is 68. The molecule has 724 valence electrons. The van der Waals surface area contributed by atoms with Gasteiger partial charge in [0.25, 0.3) is 0 Å². The molecule has 0 saturated heterocycles. The molecule has 17 heteroatoms. The summed E-state index contributed by atoms with van der Waals surface area (Å²) in [6.45, 7) is 17.8. The fraction of sp³-hybridized carbons (Fsp3) is 0.643. The Labute approximate surface area is 807 Å². The average Bonchev–Trinajstić information content (AvgIpc) is 0.791. The first-order valence-electron chi connectivity index (χ1n) is 51.9. The van der Waals surface area contributed by atoms with Gasteiger partial charge in [-0.1, -0.05) is 461 Å². The molecule has 0 aromatic heterocycles. The van der Waals surface area contributed by atoms with Crippen molar-refractivity contribution in [1.29, 1.82) is 0 Å². The molecule has 0 heterocycles. The van der Waals surface area contributed by atoms with Crippen LogP contribution >= 0.6 is 0 Å². The summed E-state index contributed by atoms with van der Waals surface area (Å²) in [6, 6.07) is 39.3. The summed E-state index contributed by atoms with van der Waals surface area (Å²) in [5.74, 6) is 0. The molecule has 4 radical (unpaired) electrons. The molecule has 0 amide bonds. The van der Waals surface area contributed by atoms with Gasteiger partial charge in [-0.15, -0.1) is 0 Å². The summed E-state index contributed by atoms with van der Waals surface area (Å²) < 4.78 is 147. The van der Waals surface area contributed by atoms with Gasteiger partial charge in [0.2, 0.25) is 0 Å². The van der Waals surface area contributed by atoms with E-state index in [1.165, 1.54) is 283 Å². The average molecular weight is 2050 g/mol. The SMILES string of the molecule is CCCCCCCCCc1ccc2ccc(CCCCCCCCC)c(S(=O)(=O)[O-])c2c1.CCCCCCCCCc1ccc2ccc(CCCCCCCCC)c(S(=O)(=O)[O-])c2c1.CCCCCCCCCc1ccc2ccc(CCCCCCCCC)c(S(=O)(=O)[O-])c2c1.CCCCCCCCCc1ccc2ccc(CCCCCCCCC)c(S(=O)(=O)[O-])c2c1.[Pb]. The summed E-state index contributed by atoms with van der Waals surface area (Å²) in [5.41, 5.74) is 7.27. The summed E-state index contributed by atoms with van der Waals surface area (Å²) in [6.07, 6.45) is 74.3. The van der Waals surface area contributed by atoms with E-state index in [4.69, 9.17) is 0 Å². The zero-order chi connectivity index (χ0) is 92.9. The Morgan fingerprint density at radius 2 is 0.295 bits per heavy atom. The third-order valence-electron chi connectivity index (χ3n) is 25.9. The molecule has 0 bridgehead atoms. The van der Waals surface area contributed by atoms with Crippen molar-refractivity contribution in [2.24, 2.45) is 0 Å². The summed E-state index contributed by atoms with van der Waals surface area (Å²) in [5, 5.41) is 5.80. The molecular formula is C112H172O12PbS4-4. The van der Waals surface area contributed by atoms with Gasteiger partial charge in [0, 0.05) is 27.3 Å². The minimum atomic E-state index is -4.52. The quantitative estimate of drug-likeness (QED) is 0.0197. The van der Waals surface area contributed by atoms with Crippen LogP contribution in [0, 0.1) is 0 Å². The van der Waals surface area contributed by atoms with Crippen LogP contribution in [0.3, 0.4) is 0 Å². The molecule has 129 heavy (non-hydrogen) atoms. The van der Waals surface area contributed by atoms with Gasteiger partial charge in [-0.2, -0.15) is 0 Å². The predicted octanol–water partition coefficient (Wildman–Crippen LogP) is 32.9. The maximum atomic E-state index is 12.2. The maximum absolute atomic E-state index is 12.2. The third kappa shape index (κ3) is 47.6. The van der Waals surface area contributed by atoms with E-state index in [0.29, 0.717) is 69.5 Å². The van der Waals surface area contributed by atoms with Crippen LogP contribution in [-0.2, 0) is 91.8 Å². The van der Waals surface area contributed by atoms with E-state index in [1.54, 1.807) is 0 Å². The van der Waals surface area contributed by atoms with Gasteiger partial charge in [-0.3, -0.25) is 0 Å². The van der Waals surface area contributed by atoms with Crippen molar-refractivity contribution in [2.75, 3.05) is 0 Å². The van der Waals surface area contributed by atoms with Crippen molar-refractivity contribution in [3.8, 4) is 0 Å². The standard InChI is InChI=1S/4C28H44O3S.Pb/c4*1-3-5-7-9-11-13-15-17-24-19-20-25-21-22-26(18-16-14-12-10-8-6-4-2)28(27(25)23-24)32(29,30)31;/h4*19-23H,3-18H2,1-2H3,(H,29,30,31);/p-4. The van der Waals surface area contributed by atoms with Gasteiger partial charge >= 0.3 is 0 Å².